The summed E-state index contributed by atoms with van der Waals surface area (Å²) >= 11 is 0. The Kier molecular flexibility index (Phi) is 16.5. The van der Waals surface area contributed by atoms with Gasteiger partial charge in [-0.3, -0.25) is 9.59 Å². The van der Waals surface area contributed by atoms with Crippen molar-refractivity contribution in [3.8, 4) is 56.0 Å². The molecule has 2 fully saturated rings. The van der Waals surface area contributed by atoms with Crippen LogP contribution in [0.15, 0.2) is 194 Å². The van der Waals surface area contributed by atoms with E-state index in [1.807, 2.05) is 86.6 Å². The largest absolute Gasteiger partial charge is 0.497 e. The summed E-state index contributed by atoms with van der Waals surface area (Å²) in [7, 11) is 4.86. The zero-order valence-electron chi connectivity index (χ0n) is 48.0. The highest BCUT2D eigenvalue weighted by molar-refractivity contribution is 5.78. The SMILES string of the molecule is COc1ccc(F)c(-c2ccc(Cc3ccc(N4CC(c5ccc(-c6cc(OC)cc(-c7ccc(Cc8ccc(N9CC(OC)(c%10ccc(-c%11ccccc%11)cc%10)CC9CC(=O)O)cc8)c(C)c7)c6F)cc5)CC4CC(=O)O)cc3)c(C)c2)c1. The van der Waals surface area contributed by atoms with E-state index in [-0.39, 0.29) is 42.5 Å². The van der Waals surface area contributed by atoms with Crippen molar-refractivity contribution in [2.75, 3.05) is 44.2 Å². The number of ether oxygens (including phenoxy) is 3. The zero-order chi connectivity index (χ0) is 58.6. The van der Waals surface area contributed by atoms with E-state index in [9.17, 15) is 24.2 Å². The standard InChI is InChI=1S/C73H68F2N2O7/c1-46-33-56(66-40-64(82-3)31-32-69(66)74)21-19-54(46)35-48-11-27-60(28-12-48)76-44-58(37-62(76)38-70(78)79)52-15-17-53(18-16-52)67-41-65(83-4)42-68(72(67)75)57-22-20-55(47(2)34-57)36-49-13-29-61(30-14-49)77-45-73(84-5,43-63(77)39-71(80)81)59-25-23-51(24-26-59)50-9-7-6-8-10-50/h6-34,40-42,58,62-63H,35-39,43-45H2,1-5H3,(H,78,79)(H,80,81). The van der Waals surface area contributed by atoms with Gasteiger partial charge in [-0.15, -0.1) is 0 Å². The number of hydrogen-bond donors (Lipinski definition) is 2. The molecule has 11 rings (SSSR count). The minimum absolute atomic E-state index is 0.00137. The van der Waals surface area contributed by atoms with Gasteiger partial charge in [-0.2, -0.15) is 0 Å². The van der Waals surface area contributed by atoms with Crippen molar-refractivity contribution < 1.29 is 42.8 Å². The molecule has 0 aromatic heterocycles. The third kappa shape index (κ3) is 12.1. The molecule has 2 N–H and O–H groups in total. The van der Waals surface area contributed by atoms with Crippen LogP contribution in [0.5, 0.6) is 11.5 Å². The van der Waals surface area contributed by atoms with Gasteiger partial charge in [0.15, 0.2) is 0 Å². The molecule has 4 unspecified atom stereocenters. The molecule has 9 aromatic rings. The van der Waals surface area contributed by atoms with E-state index in [1.54, 1.807) is 45.6 Å². The summed E-state index contributed by atoms with van der Waals surface area (Å²) < 4.78 is 49.1. The fraction of sp³-hybridized carbons (Fsp3) is 0.233. The van der Waals surface area contributed by atoms with Crippen molar-refractivity contribution in [3.63, 3.8) is 0 Å². The monoisotopic (exact) mass is 1120 g/mol. The quantitative estimate of drug-likeness (QED) is 0.0818. The Labute approximate surface area is 490 Å². The fourth-order valence-corrected chi connectivity index (χ4v) is 12.7. The Hall–Kier alpha value is -9.06. The van der Waals surface area contributed by atoms with Crippen molar-refractivity contribution >= 4 is 23.3 Å². The maximum absolute atomic E-state index is 17.0. The van der Waals surface area contributed by atoms with Crippen LogP contribution >= 0.6 is 0 Å². The molecule has 0 spiro atoms. The number of hydrogen-bond acceptors (Lipinski definition) is 7. The average Bonchev–Trinajstić information content (AvgIpc) is 3.93. The Bertz CT molecular complexity index is 3830. The van der Waals surface area contributed by atoms with Crippen molar-refractivity contribution in [1.82, 2.24) is 0 Å². The van der Waals surface area contributed by atoms with Crippen LogP contribution in [0.4, 0.5) is 20.2 Å². The minimum atomic E-state index is -0.854. The molecule has 0 radical (unpaired) electrons. The maximum Gasteiger partial charge on any atom is 0.305 e. The number of aryl methyl sites for hydroxylation is 2. The Morgan fingerprint density at radius 2 is 1.05 bits per heavy atom. The van der Waals surface area contributed by atoms with Gasteiger partial charge in [0, 0.05) is 66.1 Å². The van der Waals surface area contributed by atoms with E-state index >= 15 is 4.39 Å². The number of anilines is 2. The molecule has 2 aliphatic rings. The van der Waals surface area contributed by atoms with E-state index in [0.717, 1.165) is 78.1 Å². The van der Waals surface area contributed by atoms with Crippen molar-refractivity contribution in [2.45, 2.75) is 76.0 Å². The van der Waals surface area contributed by atoms with E-state index in [1.165, 1.54) is 6.07 Å². The first-order chi connectivity index (χ1) is 40.7. The van der Waals surface area contributed by atoms with Gasteiger partial charge >= 0.3 is 11.9 Å². The number of benzene rings is 9. The summed E-state index contributed by atoms with van der Waals surface area (Å²) in [5.41, 5.74) is 15.5. The molecule has 2 heterocycles. The van der Waals surface area contributed by atoms with Gasteiger partial charge in [-0.1, -0.05) is 140 Å². The van der Waals surface area contributed by atoms with E-state index in [2.05, 4.69) is 101 Å². The summed E-state index contributed by atoms with van der Waals surface area (Å²) in [6.07, 6.45) is 2.50. The summed E-state index contributed by atoms with van der Waals surface area (Å²) in [6.45, 7) is 5.21. The minimum Gasteiger partial charge on any atom is -0.497 e. The fourth-order valence-electron chi connectivity index (χ4n) is 12.7. The predicted octanol–water partition coefficient (Wildman–Crippen LogP) is 15.9. The van der Waals surface area contributed by atoms with Crippen LogP contribution in [0.3, 0.4) is 0 Å². The Morgan fingerprint density at radius 3 is 1.61 bits per heavy atom. The van der Waals surface area contributed by atoms with Gasteiger partial charge in [-0.05, 0) is 160 Å². The molecule has 0 saturated carbocycles. The number of rotatable bonds is 19. The van der Waals surface area contributed by atoms with Crippen LogP contribution in [0.2, 0.25) is 0 Å². The molecule has 0 aliphatic carbocycles. The lowest BCUT2D eigenvalue weighted by molar-refractivity contribution is -0.138. The highest BCUT2D eigenvalue weighted by Gasteiger charge is 2.46. The van der Waals surface area contributed by atoms with Crippen LogP contribution in [0.25, 0.3) is 44.5 Å². The molecule has 9 nitrogen and oxygen atoms in total. The summed E-state index contributed by atoms with van der Waals surface area (Å²) in [5, 5.41) is 20.0. The van der Waals surface area contributed by atoms with Crippen LogP contribution < -0.4 is 19.3 Å². The molecule has 11 heteroatoms. The summed E-state index contributed by atoms with van der Waals surface area (Å²) in [4.78, 5) is 28.8. The first-order valence-corrected chi connectivity index (χ1v) is 28.5. The second kappa shape index (κ2) is 24.4. The van der Waals surface area contributed by atoms with Crippen molar-refractivity contribution in [1.29, 1.82) is 0 Å². The molecule has 426 valence electrons. The molecule has 0 amide bonds. The molecular formula is C73H68F2N2O7. The van der Waals surface area contributed by atoms with E-state index in [0.29, 0.717) is 72.5 Å². The normalized spacial score (nSPS) is 17.6. The number of carbonyl (C=O) groups is 2. The Balaban J connectivity index is 0.759. The molecular weight excluding hydrogens is 1050 g/mol. The number of methoxy groups -OCH3 is 3. The van der Waals surface area contributed by atoms with E-state index < -0.39 is 17.5 Å². The molecule has 84 heavy (non-hydrogen) atoms. The molecule has 9 aromatic carbocycles. The molecule has 0 bridgehead atoms. The molecule has 2 aliphatic heterocycles. The van der Waals surface area contributed by atoms with Gasteiger partial charge in [0.2, 0.25) is 0 Å². The van der Waals surface area contributed by atoms with Crippen LogP contribution in [0.1, 0.15) is 76.1 Å². The lowest BCUT2D eigenvalue weighted by atomic mass is 9.89. The summed E-state index contributed by atoms with van der Waals surface area (Å²) in [6, 6.07) is 62.9. The summed E-state index contributed by atoms with van der Waals surface area (Å²) in [5.74, 6) is -1.19. The van der Waals surface area contributed by atoms with Gasteiger partial charge in [0.25, 0.3) is 0 Å². The second-order valence-electron chi connectivity index (χ2n) is 22.5. The van der Waals surface area contributed by atoms with Crippen molar-refractivity contribution in [2.24, 2.45) is 0 Å². The second-order valence-corrected chi connectivity index (χ2v) is 22.5. The topological polar surface area (TPSA) is 109 Å². The lowest BCUT2D eigenvalue weighted by Crippen LogP contribution is -2.34. The smallest absolute Gasteiger partial charge is 0.305 e. The van der Waals surface area contributed by atoms with E-state index in [4.69, 9.17) is 14.2 Å². The molecule has 2 saturated heterocycles. The number of carboxylic acid groups (broad SMARTS) is 2. The van der Waals surface area contributed by atoms with Gasteiger partial charge in [0.1, 0.15) is 28.7 Å². The lowest BCUT2D eigenvalue weighted by Gasteiger charge is -2.29. The number of carboxylic acids is 2. The zero-order valence-corrected chi connectivity index (χ0v) is 48.0. The number of nitrogens with zero attached hydrogens (tertiary/aromatic N) is 2. The third-order valence-electron chi connectivity index (χ3n) is 17.4. The highest BCUT2D eigenvalue weighted by atomic mass is 19.1. The van der Waals surface area contributed by atoms with Crippen LogP contribution in [0, 0.1) is 25.5 Å². The molecule has 4 atom stereocenters. The van der Waals surface area contributed by atoms with Crippen molar-refractivity contribution in [3.05, 3.63) is 250 Å². The highest BCUT2D eigenvalue weighted by Crippen LogP contribution is 2.44. The first-order valence-electron chi connectivity index (χ1n) is 28.5. The number of aliphatic carboxylic acids is 2. The van der Waals surface area contributed by atoms with Crippen LogP contribution in [-0.4, -0.2) is 68.7 Å². The average molecular weight is 1120 g/mol. The predicted molar refractivity (Wildman–Crippen MR) is 329 cm³/mol. The first kappa shape index (κ1) is 56.8. The third-order valence-corrected chi connectivity index (χ3v) is 17.4. The number of halogens is 2. The van der Waals surface area contributed by atoms with Gasteiger partial charge in [-0.25, -0.2) is 8.78 Å². The Morgan fingerprint density at radius 1 is 0.536 bits per heavy atom. The van der Waals surface area contributed by atoms with Gasteiger partial charge < -0.3 is 34.2 Å². The maximum atomic E-state index is 17.0. The van der Waals surface area contributed by atoms with Crippen LogP contribution in [-0.2, 0) is 32.8 Å². The van der Waals surface area contributed by atoms with Gasteiger partial charge in [0.05, 0.1) is 33.6 Å².